The third-order valence-corrected chi connectivity index (χ3v) is 2.47. The number of halogens is 1. The number of hydrogen-bond donors (Lipinski definition) is 1. The second-order valence-corrected chi connectivity index (χ2v) is 5.21. The highest BCUT2D eigenvalue weighted by molar-refractivity contribution is 9.09. The summed E-state index contributed by atoms with van der Waals surface area (Å²) in [6.07, 6.45) is 0. The molecule has 0 amide bonds. The van der Waals surface area contributed by atoms with Gasteiger partial charge in [-0.25, -0.2) is 9.89 Å². The zero-order chi connectivity index (χ0) is 11.7. The minimum Gasteiger partial charge on any atom is -0.357 e. The van der Waals surface area contributed by atoms with Gasteiger partial charge in [0.2, 0.25) is 0 Å². The van der Waals surface area contributed by atoms with Crippen molar-refractivity contribution < 1.29 is 0 Å². The minimum atomic E-state index is -0.322. The monoisotopic (exact) mass is 285 g/mol. The third kappa shape index (κ3) is 2.08. The van der Waals surface area contributed by atoms with E-state index in [2.05, 4.69) is 38.1 Å². The Morgan fingerprint density at radius 1 is 1.62 bits per heavy atom. The molecule has 0 fully saturated rings. The molecule has 2 aromatic rings. The van der Waals surface area contributed by atoms with Gasteiger partial charge in [0, 0.05) is 18.4 Å². The van der Waals surface area contributed by atoms with Crippen LogP contribution in [0.2, 0.25) is 0 Å². The SMILES string of the molecule is CC(Br)CN(C)c1ccc2n[nH]c(=O)n2n1. The quantitative estimate of drug-likeness (QED) is 0.841. The summed E-state index contributed by atoms with van der Waals surface area (Å²) in [5, 5.41) is 10.4. The van der Waals surface area contributed by atoms with Crippen molar-refractivity contribution in [1.29, 1.82) is 0 Å². The predicted octanol–water partition coefficient (Wildman–Crippen LogP) is 0.637. The van der Waals surface area contributed by atoms with Crippen molar-refractivity contribution in [3.8, 4) is 0 Å². The molecule has 0 aliphatic heterocycles. The average Bonchev–Trinajstić information content (AvgIpc) is 2.59. The van der Waals surface area contributed by atoms with Crippen LogP contribution in [0.3, 0.4) is 0 Å². The number of alkyl halides is 1. The Morgan fingerprint density at radius 3 is 3.06 bits per heavy atom. The summed E-state index contributed by atoms with van der Waals surface area (Å²) in [7, 11) is 1.93. The summed E-state index contributed by atoms with van der Waals surface area (Å²) in [5.41, 5.74) is 0.200. The number of aromatic nitrogens is 4. The number of H-pyrrole nitrogens is 1. The zero-order valence-corrected chi connectivity index (χ0v) is 10.6. The highest BCUT2D eigenvalue weighted by Crippen LogP contribution is 2.10. The molecular formula is C9H12BrN5O. The normalized spacial score (nSPS) is 12.9. The highest BCUT2D eigenvalue weighted by Gasteiger charge is 2.08. The predicted molar refractivity (Wildman–Crippen MR) is 65.3 cm³/mol. The van der Waals surface area contributed by atoms with Crippen molar-refractivity contribution in [2.75, 3.05) is 18.5 Å². The first kappa shape index (κ1) is 11.1. The molecular weight excluding hydrogens is 274 g/mol. The largest absolute Gasteiger partial charge is 0.364 e. The number of anilines is 1. The van der Waals surface area contributed by atoms with E-state index in [1.54, 1.807) is 6.07 Å². The lowest BCUT2D eigenvalue weighted by molar-refractivity contribution is 0.809. The first-order valence-corrected chi connectivity index (χ1v) is 5.79. The molecule has 1 atom stereocenters. The average molecular weight is 286 g/mol. The van der Waals surface area contributed by atoms with Crippen molar-refractivity contribution in [2.24, 2.45) is 0 Å². The maximum absolute atomic E-state index is 11.3. The number of hydrogen-bond acceptors (Lipinski definition) is 4. The fourth-order valence-corrected chi connectivity index (χ4v) is 1.90. The summed E-state index contributed by atoms with van der Waals surface area (Å²) >= 11 is 3.47. The van der Waals surface area contributed by atoms with Crippen LogP contribution in [0.5, 0.6) is 0 Å². The maximum atomic E-state index is 11.3. The fraction of sp³-hybridized carbons (Fsp3) is 0.444. The number of aromatic amines is 1. The van der Waals surface area contributed by atoms with E-state index >= 15 is 0 Å². The molecule has 1 unspecified atom stereocenters. The van der Waals surface area contributed by atoms with Crippen LogP contribution in [0.25, 0.3) is 5.65 Å². The van der Waals surface area contributed by atoms with Gasteiger partial charge < -0.3 is 4.90 Å². The molecule has 16 heavy (non-hydrogen) atoms. The van der Waals surface area contributed by atoms with Gasteiger partial charge in [0.05, 0.1) is 0 Å². The van der Waals surface area contributed by atoms with Gasteiger partial charge >= 0.3 is 5.69 Å². The van der Waals surface area contributed by atoms with Crippen LogP contribution in [0, 0.1) is 0 Å². The summed E-state index contributed by atoms with van der Waals surface area (Å²) < 4.78 is 1.25. The molecule has 6 nitrogen and oxygen atoms in total. The highest BCUT2D eigenvalue weighted by atomic mass is 79.9. The van der Waals surface area contributed by atoms with Crippen molar-refractivity contribution in [2.45, 2.75) is 11.8 Å². The van der Waals surface area contributed by atoms with Crippen molar-refractivity contribution in [3.05, 3.63) is 22.6 Å². The first-order chi connectivity index (χ1) is 7.58. The number of rotatable bonds is 3. The van der Waals surface area contributed by atoms with Crippen LogP contribution in [-0.4, -0.2) is 38.2 Å². The van der Waals surface area contributed by atoms with Crippen LogP contribution in [0.15, 0.2) is 16.9 Å². The van der Waals surface area contributed by atoms with Crippen molar-refractivity contribution in [3.63, 3.8) is 0 Å². The van der Waals surface area contributed by atoms with E-state index in [1.165, 1.54) is 4.52 Å². The topological polar surface area (TPSA) is 66.3 Å². The zero-order valence-electron chi connectivity index (χ0n) is 9.01. The maximum Gasteiger partial charge on any atom is 0.364 e. The summed E-state index contributed by atoms with van der Waals surface area (Å²) in [6.45, 7) is 2.87. The summed E-state index contributed by atoms with van der Waals surface area (Å²) in [4.78, 5) is 13.7. The Kier molecular flexibility index (Phi) is 2.95. The van der Waals surface area contributed by atoms with Crippen molar-refractivity contribution in [1.82, 2.24) is 19.8 Å². The second-order valence-electron chi connectivity index (χ2n) is 3.65. The Hall–Kier alpha value is -1.37. The number of fused-ring (bicyclic) bond motifs is 1. The Labute approximate surface area is 100 Å². The van der Waals surface area contributed by atoms with Crippen molar-refractivity contribution >= 4 is 27.4 Å². The molecule has 0 aliphatic rings. The fourth-order valence-electron chi connectivity index (χ4n) is 1.47. The standard InChI is InChI=1S/C9H12BrN5O/c1-6(10)5-14(2)8-4-3-7-11-12-9(16)15(7)13-8/h3-4,6H,5H2,1-2H3,(H,12,16). The third-order valence-electron chi connectivity index (χ3n) is 2.18. The van der Waals surface area contributed by atoms with Crippen LogP contribution >= 0.6 is 15.9 Å². The van der Waals surface area contributed by atoms with Gasteiger partial charge in [0.15, 0.2) is 5.65 Å². The molecule has 0 saturated heterocycles. The Morgan fingerprint density at radius 2 is 2.38 bits per heavy atom. The molecule has 7 heteroatoms. The number of nitrogens with zero attached hydrogens (tertiary/aromatic N) is 4. The van der Waals surface area contributed by atoms with Crippen LogP contribution in [0.1, 0.15) is 6.92 Å². The van der Waals surface area contributed by atoms with Gasteiger partial charge in [-0.15, -0.1) is 5.10 Å². The van der Waals surface area contributed by atoms with E-state index in [0.717, 1.165) is 12.4 Å². The van der Waals surface area contributed by atoms with E-state index in [1.807, 2.05) is 18.0 Å². The molecule has 0 radical (unpaired) electrons. The van der Waals surface area contributed by atoms with E-state index < -0.39 is 0 Å². The molecule has 1 N–H and O–H groups in total. The molecule has 0 aliphatic carbocycles. The van der Waals surface area contributed by atoms with E-state index in [9.17, 15) is 4.79 Å². The lowest BCUT2D eigenvalue weighted by atomic mass is 10.4. The summed E-state index contributed by atoms with van der Waals surface area (Å²) in [5.74, 6) is 0.738. The van der Waals surface area contributed by atoms with E-state index in [-0.39, 0.29) is 5.69 Å². The lowest BCUT2D eigenvalue weighted by Crippen LogP contribution is -2.26. The summed E-state index contributed by atoms with van der Waals surface area (Å²) in [6, 6.07) is 3.60. The van der Waals surface area contributed by atoms with Crippen LogP contribution in [-0.2, 0) is 0 Å². The molecule has 2 rings (SSSR count). The molecule has 0 spiro atoms. The molecule has 0 aromatic carbocycles. The first-order valence-electron chi connectivity index (χ1n) is 4.87. The molecule has 2 heterocycles. The van der Waals surface area contributed by atoms with Gasteiger partial charge in [-0.2, -0.15) is 9.61 Å². The lowest BCUT2D eigenvalue weighted by Gasteiger charge is -2.18. The smallest absolute Gasteiger partial charge is 0.357 e. The van der Waals surface area contributed by atoms with Gasteiger partial charge in [0.25, 0.3) is 0 Å². The Bertz CT molecular complexity index is 546. The van der Waals surface area contributed by atoms with Gasteiger partial charge in [-0.3, -0.25) is 0 Å². The molecule has 2 aromatic heterocycles. The molecule has 0 bridgehead atoms. The van der Waals surface area contributed by atoms with Crippen LogP contribution < -0.4 is 10.6 Å². The Balaban J connectivity index is 2.38. The van der Waals surface area contributed by atoms with Gasteiger partial charge in [0.1, 0.15) is 5.82 Å². The van der Waals surface area contributed by atoms with Gasteiger partial charge in [-0.1, -0.05) is 22.9 Å². The molecule has 86 valence electrons. The second kappa shape index (κ2) is 4.25. The minimum absolute atomic E-state index is 0.322. The van der Waals surface area contributed by atoms with Crippen LogP contribution in [0.4, 0.5) is 5.82 Å². The number of nitrogens with one attached hydrogen (secondary N) is 1. The van der Waals surface area contributed by atoms with Gasteiger partial charge in [-0.05, 0) is 12.1 Å². The van der Waals surface area contributed by atoms with E-state index in [0.29, 0.717) is 10.5 Å². The molecule has 0 saturated carbocycles. The van der Waals surface area contributed by atoms with E-state index in [4.69, 9.17) is 0 Å².